The van der Waals surface area contributed by atoms with E-state index in [4.69, 9.17) is 0 Å². The molecular weight excluding hydrogens is 504 g/mol. The van der Waals surface area contributed by atoms with Crippen LogP contribution in [0, 0.1) is 5.92 Å². The molecule has 5 rings (SSSR count). The van der Waals surface area contributed by atoms with Gasteiger partial charge in [-0.1, -0.05) is 19.9 Å². The molecule has 36 heavy (non-hydrogen) atoms. The van der Waals surface area contributed by atoms with Crippen LogP contribution in [0.5, 0.6) is 5.75 Å². The average molecular weight is 531 g/mol. The molecule has 0 amide bonds. The number of sulfonamides is 2. The zero-order valence-electron chi connectivity index (χ0n) is 19.7. The molecule has 2 aliphatic rings. The van der Waals surface area contributed by atoms with Gasteiger partial charge in [-0.3, -0.25) is 13.9 Å². The zero-order chi connectivity index (χ0) is 25.8. The molecule has 3 N–H and O–H groups in total. The van der Waals surface area contributed by atoms with Gasteiger partial charge in [0.2, 0.25) is 10.0 Å². The number of amidine groups is 1. The number of anilines is 2. The Morgan fingerprint density at radius 1 is 1.22 bits per heavy atom. The van der Waals surface area contributed by atoms with Crippen LogP contribution in [0.2, 0.25) is 0 Å². The molecule has 3 aromatic rings. The summed E-state index contributed by atoms with van der Waals surface area (Å²) >= 11 is 0. The molecule has 10 nitrogen and oxygen atoms in total. The van der Waals surface area contributed by atoms with Gasteiger partial charge in [-0.15, -0.1) is 4.40 Å². The Bertz CT molecular complexity index is 1690. The third kappa shape index (κ3) is 4.35. The molecule has 1 aromatic carbocycles. The lowest BCUT2D eigenvalue weighted by Gasteiger charge is -2.21. The highest BCUT2D eigenvalue weighted by Gasteiger charge is 2.36. The van der Waals surface area contributed by atoms with Crippen molar-refractivity contribution in [2.45, 2.75) is 49.7 Å². The van der Waals surface area contributed by atoms with Crippen LogP contribution in [-0.4, -0.2) is 37.4 Å². The molecule has 0 radical (unpaired) electrons. The molecule has 12 heteroatoms. The number of aryl methyl sites for hydroxylation is 1. The van der Waals surface area contributed by atoms with Crippen LogP contribution in [0.15, 0.2) is 56.7 Å². The van der Waals surface area contributed by atoms with E-state index in [0.717, 1.165) is 6.42 Å². The largest absolute Gasteiger partial charge is 0.507 e. The number of nitrogens with zero attached hydrogens (tertiary/aromatic N) is 2. The maximum atomic E-state index is 13.4. The predicted octanol–water partition coefficient (Wildman–Crippen LogP) is 3.06. The van der Waals surface area contributed by atoms with E-state index in [0.29, 0.717) is 36.3 Å². The summed E-state index contributed by atoms with van der Waals surface area (Å²) in [4.78, 5) is 13.1. The highest BCUT2D eigenvalue weighted by atomic mass is 32.2. The molecule has 2 aromatic heterocycles. The molecule has 0 bridgehead atoms. The van der Waals surface area contributed by atoms with Crippen molar-refractivity contribution in [3.8, 4) is 5.75 Å². The average Bonchev–Trinajstić information content (AvgIpc) is 3.65. The third-order valence-electron chi connectivity index (χ3n) is 6.28. The first kappa shape index (κ1) is 24.3. The van der Waals surface area contributed by atoms with Gasteiger partial charge >= 0.3 is 0 Å². The number of benzene rings is 1. The second kappa shape index (κ2) is 8.63. The van der Waals surface area contributed by atoms with Crippen LogP contribution in [0.3, 0.4) is 0 Å². The van der Waals surface area contributed by atoms with Gasteiger partial charge in [0.05, 0.1) is 16.5 Å². The lowest BCUT2D eigenvalue weighted by Crippen LogP contribution is -2.31. The molecule has 3 heterocycles. The van der Waals surface area contributed by atoms with Gasteiger partial charge < -0.3 is 10.4 Å². The number of fused-ring (bicyclic) bond motifs is 2. The summed E-state index contributed by atoms with van der Waals surface area (Å²) in [5.74, 6) is -0.265. The van der Waals surface area contributed by atoms with Crippen molar-refractivity contribution in [2.24, 2.45) is 10.3 Å². The van der Waals surface area contributed by atoms with Gasteiger partial charge in [0.25, 0.3) is 15.6 Å². The van der Waals surface area contributed by atoms with Gasteiger partial charge in [-0.05, 0) is 61.9 Å². The van der Waals surface area contributed by atoms with E-state index in [1.165, 1.54) is 22.6 Å². The van der Waals surface area contributed by atoms with Gasteiger partial charge in [-0.2, -0.15) is 8.42 Å². The van der Waals surface area contributed by atoms with Crippen LogP contribution >= 0.6 is 0 Å². The zero-order valence-corrected chi connectivity index (χ0v) is 21.4. The molecule has 1 saturated carbocycles. The van der Waals surface area contributed by atoms with Crippen molar-refractivity contribution in [2.75, 3.05) is 10.0 Å². The number of hydrogen-bond donors (Lipinski definition) is 3. The number of pyridine rings is 2. The van der Waals surface area contributed by atoms with Crippen molar-refractivity contribution in [1.82, 2.24) is 4.40 Å². The maximum Gasteiger partial charge on any atom is 0.286 e. The van der Waals surface area contributed by atoms with E-state index in [1.54, 1.807) is 24.4 Å². The second-order valence-electron chi connectivity index (χ2n) is 9.49. The Labute approximate surface area is 208 Å². The lowest BCUT2D eigenvalue weighted by atomic mass is 9.99. The standard InChI is InChI=1S/C24H26N4O6S2/c1-14(2)6-10-17-19-5-3-4-12-28(19)24(30)21(22(17)29)23-25-18-11-7-15(13-20(18)36(33,34)27-23)26-35(31,32)16-8-9-16/h3-5,7,11-14,16,26,29H,6,8-10H2,1-2H3,(H,25,27). The fourth-order valence-corrected chi connectivity index (χ4v) is 6.74. The summed E-state index contributed by atoms with van der Waals surface area (Å²) in [6.07, 6.45) is 3.92. The molecule has 0 spiro atoms. The highest BCUT2D eigenvalue weighted by molar-refractivity contribution is 7.93. The minimum absolute atomic E-state index is 0.106. The number of hydrogen-bond acceptors (Lipinski definition) is 7. The summed E-state index contributed by atoms with van der Waals surface area (Å²) in [5.41, 5.74) is 0.428. The van der Waals surface area contributed by atoms with E-state index in [2.05, 4.69) is 14.4 Å². The molecule has 1 fully saturated rings. The fourth-order valence-electron chi connectivity index (χ4n) is 4.21. The SMILES string of the molecule is CC(C)CCc1c(O)c(C2=NS(=O)(=O)c3cc(NS(=O)(=O)C4CC4)ccc3N2)c(=O)n2ccccc12. The topological polar surface area (TPSA) is 146 Å². The van der Waals surface area contributed by atoms with Crippen molar-refractivity contribution in [1.29, 1.82) is 0 Å². The van der Waals surface area contributed by atoms with E-state index in [1.807, 2.05) is 13.8 Å². The predicted molar refractivity (Wildman–Crippen MR) is 138 cm³/mol. The van der Waals surface area contributed by atoms with Crippen LogP contribution in [-0.2, 0) is 26.5 Å². The molecule has 0 unspecified atom stereocenters. The van der Waals surface area contributed by atoms with Gasteiger partial charge in [-0.25, -0.2) is 8.42 Å². The lowest BCUT2D eigenvalue weighted by molar-refractivity contribution is 0.461. The summed E-state index contributed by atoms with van der Waals surface area (Å²) in [6, 6.07) is 9.20. The first-order valence-electron chi connectivity index (χ1n) is 11.6. The van der Waals surface area contributed by atoms with Crippen molar-refractivity contribution >= 4 is 42.8 Å². The minimum atomic E-state index is -4.32. The number of aromatic nitrogens is 1. The van der Waals surface area contributed by atoms with Crippen LogP contribution in [0.25, 0.3) is 5.52 Å². The Hall–Kier alpha value is -3.38. The minimum Gasteiger partial charge on any atom is -0.507 e. The Kier molecular flexibility index (Phi) is 5.83. The van der Waals surface area contributed by atoms with Crippen LogP contribution in [0.1, 0.15) is 44.2 Å². The quantitative estimate of drug-likeness (QED) is 0.425. The smallest absolute Gasteiger partial charge is 0.286 e. The second-order valence-corrected chi connectivity index (χ2v) is 13.0. The van der Waals surface area contributed by atoms with Crippen molar-refractivity contribution in [3.05, 3.63) is 64.1 Å². The van der Waals surface area contributed by atoms with E-state index in [-0.39, 0.29) is 33.4 Å². The summed E-state index contributed by atoms with van der Waals surface area (Å²) < 4.78 is 58.4. The molecular formula is C24H26N4O6S2. The Balaban J connectivity index is 1.60. The highest BCUT2D eigenvalue weighted by Crippen LogP contribution is 2.35. The molecule has 1 aliphatic heterocycles. The van der Waals surface area contributed by atoms with E-state index in [9.17, 15) is 26.7 Å². The normalized spacial score (nSPS) is 16.9. The molecule has 1 aliphatic carbocycles. The van der Waals surface area contributed by atoms with Crippen LogP contribution < -0.4 is 15.6 Å². The first-order chi connectivity index (χ1) is 17.0. The van der Waals surface area contributed by atoms with E-state index >= 15 is 0 Å². The molecule has 190 valence electrons. The van der Waals surface area contributed by atoms with Crippen LogP contribution in [0.4, 0.5) is 11.4 Å². The summed E-state index contributed by atoms with van der Waals surface area (Å²) in [7, 11) is -7.90. The van der Waals surface area contributed by atoms with Gasteiger partial charge in [0.1, 0.15) is 16.2 Å². The molecule has 0 saturated heterocycles. The maximum absolute atomic E-state index is 13.4. The monoisotopic (exact) mass is 530 g/mol. The van der Waals surface area contributed by atoms with Gasteiger partial charge in [0, 0.05) is 17.4 Å². The number of aromatic hydroxyl groups is 1. The summed E-state index contributed by atoms with van der Waals surface area (Å²) in [6.45, 7) is 4.09. The Morgan fingerprint density at radius 2 is 1.97 bits per heavy atom. The summed E-state index contributed by atoms with van der Waals surface area (Å²) in [5, 5.41) is 13.6. The van der Waals surface area contributed by atoms with Crippen molar-refractivity contribution in [3.63, 3.8) is 0 Å². The number of nitrogens with one attached hydrogen (secondary N) is 2. The van der Waals surface area contributed by atoms with Gasteiger partial charge in [0.15, 0.2) is 5.84 Å². The van der Waals surface area contributed by atoms with Crippen molar-refractivity contribution < 1.29 is 21.9 Å². The Morgan fingerprint density at radius 3 is 2.67 bits per heavy atom. The van der Waals surface area contributed by atoms with E-state index < -0.39 is 30.9 Å². The fraction of sp³-hybridized carbons (Fsp3) is 0.333. The first-order valence-corrected chi connectivity index (χ1v) is 14.6. The third-order valence-corrected chi connectivity index (χ3v) is 9.47. The molecule has 0 atom stereocenters. The number of rotatable bonds is 7.